The fourth-order valence-electron chi connectivity index (χ4n) is 5.28. The third-order valence-corrected chi connectivity index (χ3v) is 8.37. The lowest BCUT2D eigenvalue weighted by molar-refractivity contribution is -0.119. The SMILES string of the molecule is COc1c(N2CC[C@@H]([C@H](C)NC(C)=O)C2)c(F)cc2c(=O)c3c(O)c(C(C)=O)sc3n(C3CC3)c12. The molecule has 10 heteroatoms. The van der Waals surface area contributed by atoms with E-state index < -0.39 is 11.2 Å². The number of carbonyl (C=O) groups excluding carboxylic acids is 2. The highest BCUT2D eigenvalue weighted by Crippen LogP contribution is 2.49. The minimum absolute atomic E-state index is 0.0548. The van der Waals surface area contributed by atoms with Gasteiger partial charge in [-0.3, -0.25) is 14.4 Å². The van der Waals surface area contributed by atoms with E-state index in [9.17, 15) is 19.5 Å². The average Bonchev–Trinajstić information content (AvgIpc) is 3.39. The summed E-state index contributed by atoms with van der Waals surface area (Å²) in [5, 5.41) is 13.8. The Balaban J connectivity index is 1.74. The van der Waals surface area contributed by atoms with E-state index in [0.717, 1.165) is 30.6 Å². The van der Waals surface area contributed by atoms with Gasteiger partial charge in [-0.25, -0.2) is 4.39 Å². The minimum Gasteiger partial charge on any atom is -0.505 e. The molecular formula is C25H28FN3O5S. The van der Waals surface area contributed by atoms with E-state index in [-0.39, 0.29) is 56.8 Å². The van der Waals surface area contributed by atoms with Crippen molar-refractivity contribution in [3.05, 3.63) is 27.0 Å². The van der Waals surface area contributed by atoms with Gasteiger partial charge in [0.2, 0.25) is 11.3 Å². The van der Waals surface area contributed by atoms with E-state index in [1.165, 1.54) is 27.0 Å². The lowest BCUT2D eigenvalue weighted by Gasteiger charge is -2.26. The number of carbonyl (C=O) groups is 2. The van der Waals surface area contributed by atoms with Crippen LogP contribution in [-0.2, 0) is 4.79 Å². The number of anilines is 1. The fourth-order valence-corrected chi connectivity index (χ4v) is 6.45. The molecule has 0 bridgehead atoms. The van der Waals surface area contributed by atoms with Crippen molar-refractivity contribution >= 4 is 49.8 Å². The van der Waals surface area contributed by atoms with Crippen molar-refractivity contribution in [2.75, 3.05) is 25.1 Å². The quantitative estimate of drug-likeness (QED) is 0.496. The number of nitrogens with one attached hydrogen (secondary N) is 1. The number of halogens is 1. The highest BCUT2D eigenvalue weighted by molar-refractivity contribution is 7.21. The van der Waals surface area contributed by atoms with Crippen LogP contribution >= 0.6 is 11.3 Å². The Labute approximate surface area is 205 Å². The molecule has 1 saturated carbocycles. The number of aromatic hydroxyl groups is 1. The highest BCUT2D eigenvalue weighted by atomic mass is 32.1. The van der Waals surface area contributed by atoms with Crippen LogP contribution in [0.5, 0.6) is 11.5 Å². The van der Waals surface area contributed by atoms with Crippen LogP contribution in [0, 0.1) is 11.7 Å². The van der Waals surface area contributed by atoms with E-state index in [1.807, 2.05) is 16.4 Å². The first kappa shape index (κ1) is 23.6. The molecular weight excluding hydrogens is 473 g/mol. The van der Waals surface area contributed by atoms with E-state index in [4.69, 9.17) is 4.74 Å². The van der Waals surface area contributed by atoms with Crippen LogP contribution in [0.3, 0.4) is 0 Å². The summed E-state index contributed by atoms with van der Waals surface area (Å²) >= 11 is 1.09. The van der Waals surface area contributed by atoms with Crippen LogP contribution in [0.2, 0.25) is 0 Å². The molecule has 2 aromatic heterocycles. The molecule has 1 aromatic carbocycles. The molecule has 2 atom stereocenters. The molecule has 35 heavy (non-hydrogen) atoms. The number of ether oxygens (including phenoxy) is 1. The highest BCUT2D eigenvalue weighted by Gasteiger charge is 2.36. The molecule has 3 aromatic rings. The molecule has 2 aliphatic rings. The van der Waals surface area contributed by atoms with Crippen molar-refractivity contribution in [1.29, 1.82) is 0 Å². The molecule has 1 saturated heterocycles. The van der Waals surface area contributed by atoms with Gasteiger partial charge in [-0.05, 0) is 38.2 Å². The third-order valence-electron chi connectivity index (χ3n) is 7.09. The van der Waals surface area contributed by atoms with Crippen LogP contribution in [0.1, 0.15) is 55.7 Å². The van der Waals surface area contributed by atoms with Gasteiger partial charge in [0.1, 0.15) is 20.8 Å². The molecule has 1 aliphatic heterocycles. The Hall–Kier alpha value is -3.14. The Morgan fingerprint density at radius 1 is 1.29 bits per heavy atom. The maximum absolute atomic E-state index is 15.7. The number of hydrogen-bond acceptors (Lipinski definition) is 7. The van der Waals surface area contributed by atoms with E-state index in [0.29, 0.717) is 29.1 Å². The summed E-state index contributed by atoms with van der Waals surface area (Å²) in [6, 6.07) is 1.23. The van der Waals surface area contributed by atoms with Gasteiger partial charge in [-0.1, -0.05) is 0 Å². The molecule has 2 N–H and O–H groups in total. The number of ketones is 1. The number of hydrogen-bond donors (Lipinski definition) is 2. The van der Waals surface area contributed by atoms with Gasteiger partial charge in [0.05, 0.1) is 18.0 Å². The second-order valence-electron chi connectivity index (χ2n) is 9.57. The number of amides is 1. The van der Waals surface area contributed by atoms with Crippen molar-refractivity contribution in [3.63, 3.8) is 0 Å². The molecule has 1 aliphatic carbocycles. The summed E-state index contributed by atoms with van der Waals surface area (Å²) < 4.78 is 23.4. The van der Waals surface area contributed by atoms with Crippen molar-refractivity contribution in [2.24, 2.45) is 5.92 Å². The van der Waals surface area contributed by atoms with Crippen LogP contribution in [0.15, 0.2) is 10.9 Å². The van der Waals surface area contributed by atoms with Crippen molar-refractivity contribution in [2.45, 2.75) is 52.1 Å². The second-order valence-corrected chi connectivity index (χ2v) is 10.6. The van der Waals surface area contributed by atoms with Gasteiger partial charge in [-0.2, -0.15) is 0 Å². The Kier molecular flexibility index (Phi) is 5.74. The zero-order chi connectivity index (χ0) is 25.2. The lowest BCUT2D eigenvalue weighted by atomic mass is 10.0. The van der Waals surface area contributed by atoms with Crippen LogP contribution in [0.25, 0.3) is 21.1 Å². The van der Waals surface area contributed by atoms with Gasteiger partial charge in [-0.15, -0.1) is 11.3 Å². The summed E-state index contributed by atoms with van der Waals surface area (Å²) in [6.07, 6.45) is 2.52. The van der Waals surface area contributed by atoms with Gasteiger partial charge in [0.25, 0.3) is 0 Å². The first-order valence-electron chi connectivity index (χ1n) is 11.8. The van der Waals surface area contributed by atoms with Crippen molar-refractivity contribution in [1.82, 2.24) is 9.88 Å². The van der Waals surface area contributed by atoms with E-state index in [2.05, 4.69) is 5.32 Å². The molecule has 2 fully saturated rings. The largest absolute Gasteiger partial charge is 0.505 e. The Morgan fingerprint density at radius 3 is 2.60 bits per heavy atom. The third kappa shape index (κ3) is 3.74. The smallest absolute Gasteiger partial charge is 0.217 e. The Bertz CT molecular complexity index is 1440. The number of rotatable bonds is 6. The molecule has 3 heterocycles. The average molecular weight is 502 g/mol. The van der Waals surface area contributed by atoms with Gasteiger partial charge >= 0.3 is 0 Å². The molecule has 0 spiro atoms. The maximum atomic E-state index is 15.7. The topological polar surface area (TPSA) is 101 Å². The molecule has 0 radical (unpaired) electrons. The number of pyridine rings is 1. The van der Waals surface area contributed by atoms with Gasteiger partial charge < -0.3 is 24.6 Å². The van der Waals surface area contributed by atoms with E-state index in [1.54, 1.807) is 0 Å². The number of fused-ring (bicyclic) bond motifs is 2. The number of methoxy groups -OCH3 is 1. The predicted octanol–water partition coefficient (Wildman–Crippen LogP) is 3.96. The zero-order valence-electron chi connectivity index (χ0n) is 20.1. The molecule has 0 unspecified atom stereocenters. The number of thiophene rings is 1. The first-order valence-corrected chi connectivity index (χ1v) is 12.6. The standard InChI is InChI=1S/C25H28FN3O5S/c1-11(27-13(3)31)14-7-8-28(10-14)20-17(26)9-16-19(23(20)34-4)29(15-5-6-15)25-18(21(16)32)22(33)24(35-25)12(2)30/h9,11,14-15,33H,5-8,10H2,1-4H3,(H,27,31)/t11-,14+/m0/s1. The summed E-state index contributed by atoms with van der Waals surface area (Å²) in [7, 11) is 1.46. The van der Waals surface area contributed by atoms with Crippen molar-refractivity contribution < 1.29 is 23.8 Å². The summed E-state index contributed by atoms with van der Waals surface area (Å²) in [5.41, 5.74) is 0.257. The number of nitrogens with zero attached hydrogens (tertiary/aromatic N) is 2. The number of Topliss-reactive ketones (excluding diaryl/α,β-unsaturated/α-hetero) is 1. The molecule has 186 valence electrons. The lowest BCUT2D eigenvalue weighted by Crippen LogP contribution is -2.38. The zero-order valence-corrected chi connectivity index (χ0v) is 20.9. The monoisotopic (exact) mass is 501 g/mol. The fraction of sp³-hybridized carbons (Fsp3) is 0.480. The first-order chi connectivity index (χ1) is 16.6. The molecule has 5 rings (SSSR count). The summed E-state index contributed by atoms with van der Waals surface area (Å²) in [5.74, 6) is -0.939. The van der Waals surface area contributed by atoms with Crippen LogP contribution < -0.4 is 20.4 Å². The maximum Gasteiger partial charge on any atom is 0.217 e. The van der Waals surface area contributed by atoms with Crippen LogP contribution in [0.4, 0.5) is 10.1 Å². The van der Waals surface area contributed by atoms with Gasteiger partial charge in [0.15, 0.2) is 23.1 Å². The number of aromatic nitrogens is 1. The number of benzene rings is 1. The van der Waals surface area contributed by atoms with Gasteiger partial charge in [0, 0.05) is 39.0 Å². The van der Waals surface area contributed by atoms with Crippen LogP contribution in [-0.4, -0.2) is 47.6 Å². The molecule has 1 amide bonds. The minimum atomic E-state index is -0.581. The van der Waals surface area contributed by atoms with E-state index >= 15 is 4.39 Å². The summed E-state index contributed by atoms with van der Waals surface area (Å²) in [4.78, 5) is 39.6. The second kappa shape index (κ2) is 8.51. The normalized spacial score (nSPS) is 18.9. The Morgan fingerprint density at radius 2 is 2.00 bits per heavy atom. The van der Waals surface area contributed by atoms with Crippen molar-refractivity contribution in [3.8, 4) is 11.5 Å². The predicted molar refractivity (Wildman–Crippen MR) is 134 cm³/mol. The molecule has 8 nitrogen and oxygen atoms in total. The summed E-state index contributed by atoms with van der Waals surface area (Å²) in [6.45, 7) is 5.89.